The average Bonchev–Trinajstić information content (AvgIpc) is 3.44. The molecule has 0 aliphatic rings. The Kier molecular flexibility index (Phi) is 6.94. The van der Waals surface area contributed by atoms with E-state index in [0.29, 0.717) is 0 Å². The summed E-state index contributed by atoms with van der Waals surface area (Å²) in [6, 6.07) is 19.7. The molecule has 0 N–H and O–H groups in total. The van der Waals surface area contributed by atoms with Crippen molar-refractivity contribution in [1.82, 2.24) is 0 Å². The molecule has 0 spiro atoms. The van der Waals surface area contributed by atoms with Crippen LogP contribution in [0.3, 0.4) is 0 Å². The number of halogens is 2. The van der Waals surface area contributed by atoms with Gasteiger partial charge in [-0.1, -0.05) is 77.8 Å². The van der Waals surface area contributed by atoms with Crippen LogP contribution in [0.25, 0.3) is 41.7 Å². The highest BCUT2D eigenvalue weighted by Gasteiger charge is 2.38. The largest absolute Gasteiger partial charge is 0.195 e. The fourth-order valence-electron chi connectivity index (χ4n) is 6.93. The molecule has 190 valence electrons. The fourth-order valence-corrected chi connectivity index (χ4v) is 16.8. The van der Waals surface area contributed by atoms with E-state index in [0.717, 1.165) is 20.2 Å². The third-order valence-electron chi connectivity index (χ3n) is 9.45. The Morgan fingerprint density at radius 1 is 0.500 bits per heavy atom. The van der Waals surface area contributed by atoms with E-state index in [4.69, 9.17) is 0 Å². The second kappa shape index (κ2) is 9.61. The summed E-state index contributed by atoms with van der Waals surface area (Å²) in [5.41, 5.74) is 0. The van der Waals surface area contributed by atoms with Crippen LogP contribution in [0.1, 0.15) is 41.5 Å². The highest BCUT2D eigenvalue weighted by atomic mass is 32.1. The van der Waals surface area contributed by atoms with Crippen LogP contribution >= 0.6 is 22.7 Å². The number of fused-ring (bicyclic) bond motifs is 4. The summed E-state index contributed by atoms with van der Waals surface area (Å²) in [4.78, 5) is 0. The molecule has 5 rings (SSSR count). The second-order valence-electron chi connectivity index (χ2n) is 10.4. The first-order valence-corrected chi connectivity index (χ1v) is 20.4. The zero-order valence-electron chi connectivity index (χ0n) is 22.3. The summed E-state index contributed by atoms with van der Waals surface area (Å²) < 4.78 is 31.1. The standard InChI is InChI=1S/C30H36F2S2Si2/c1-7-35(8-2,9-3)29-21-13-19-15-27(31)34-26(19)18-24(21)30(36(10-4,11-5)12-6)22-14-20-16-28(32)33-25(20)17-23(22)29/h13-18H,7-12H2,1-6H3. The van der Waals surface area contributed by atoms with Crippen LogP contribution in [0.2, 0.25) is 36.3 Å². The predicted octanol–water partition coefficient (Wildman–Crippen LogP) is 10.1. The van der Waals surface area contributed by atoms with Gasteiger partial charge in [0.2, 0.25) is 0 Å². The Morgan fingerprint density at radius 3 is 1.11 bits per heavy atom. The molecule has 0 radical (unpaired) electrons. The van der Waals surface area contributed by atoms with E-state index in [1.807, 2.05) is 0 Å². The number of thiophene rings is 2. The maximum atomic E-state index is 14.5. The highest BCUT2D eigenvalue weighted by Crippen LogP contribution is 2.39. The normalized spacial score (nSPS) is 13.1. The van der Waals surface area contributed by atoms with Gasteiger partial charge in [-0.15, -0.1) is 22.7 Å². The summed E-state index contributed by atoms with van der Waals surface area (Å²) in [5.74, 6) is 0. The Labute approximate surface area is 223 Å². The highest BCUT2D eigenvalue weighted by molar-refractivity contribution is 7.18. The molecule has 0 saturated carbocycles. The molecule has 0 atom stereocenters. The third-order valence-corrected chi connectivity index (χ3v) is 22.5. The zero-order valence-corrected chi connectivity index (χ0v) is 25.9. The first-order chi connectivity index (χ1) is 17.3. The van der Waals surface area contributed by atoms with E-state index < -0.39 is 16.1 Å². The van der Waals surface area contributed by atoms with Crippen LogP contribution in [0.4, 0.5) is 8.78 Å². The Bertz CT molecular complexity index is 1360. The predicted molar refractivity (Wildman–Crippen MR) is 166 cm³/mol. The lowest BCUT2D eigenvalue weighted by Crippen LogP contribution is -2.51. The Morgan fingerprint density at radius 2 is 0.806 bits per heavy atom. The minimum atomic E-state index is -1.86. The fraction of sp³-hybridized carbons (Fsp3) is 0.400. The van der Waals surface area contributed by atoms with Crippen molar-refractivity contribution >= 4 is 90.9 Å². The summed E-state index contributed by atoms with van der Waals surface area (Å²) in [6.07, 6.45) is 0. The van der Waals surface area contributed by atoms with Crippen LogP contribution in [0.15, 0.2) is 36.4 Å². The first-order valence-electron chi connectivity index (χ1n) is 13.5. The van der Waals surface area contributed by atoms with E-state index in [1.54, 1.807) is 12.1 Å². The molecule has 2 aromatic heterocycles. The number of hydrogen-bond acceptors (Lipinski definition) is 2. The SMILES string of the molecule is CC[Si](CC)(CC)c1c2cc3cc(F)sc3cc2c([Si](CC)(CC)CC)c2cc3cc(F)sc3cc12. The van der Waals surface area contributed by atoms with Crippen molar-refractivity contribution in [2.24, 2.45) is 0 Å². The van der Waals surface area contributed by atoms with Crippen molar-refractivity contribution in [2.45, 2.75) is 77.8 Å². The van der Waals surface area contributed by atoms with Crippen molar-refractivity contribution in [3.63, 3.8) is 0 Å². The monoisotopic (exact) mass is 554 g/mol. The maximum Gasteiger partial charge on any atom is 0.177 e. The lowest BCUT2D eigenvalue weighted by Gasteiger charge is -2.36. The van der Waals surface area contributed by atoms with Gasteiger partial charge < -0.3 is 0 Å². The molecule has 3 aromatic carbocycles. The van der Waals surface area contributed by atoms with E-state index in [2.05, 4.69) is 65.8 Å². The summed E-state index contributed by atoms with van der Waals surface area (Å²) >= 11 is 2.53. The van der Waals surface area contributed by atoms with Crippen molar-refractivity contribution in [1.29, 1.82) is 0 Å². The van der Waals surface area contributed by atoms with Crippen molar-refractivity contribution in [3.8, 4) is 0 Å². The number of rotatable bonds is 8. The molecule has 0 nitrogen and oxygen atoms in total. The van der Waals surface area contributed by atoms with E-state index in [9.17, 15) is 8.78 Å². The summed E-state index contributed by atoms with van der Waals surface area (Å²) in [5, 5.41) is 10.3. The Hall–Kier alpha value is -1.61. The van der Waals surface area contributed by atoms with Gasteiger partial charge in [0.15, 0.2) is 10.3 Å². The van der Waals surface area contributed by atoms with Gasteiger partial charge in [-0.25, -0.2) is 0 Å². The van der Waals surface area contributed by atoms with E-state index in [1.165, 1.54) is 90.9 Å². The van der Waals surface area contributed by atoms with Gasteiger partial charge in [-0.05, 0) is 79.1 Å². The minimum Gasteiger partial charge on any atom is -0.195 e. The molecule has 0 saturated heterocycles. The number of hydrogen-bond donors (Lipinski definition) is 0. The van der Waals surface area contributed by atoms with Crippen LogP contribution in [0.5, 0.6) is 0 Å². The second-order valence-corrected chi connectivity index (χ2v) is 22.8. The number of benzene rings is 3. The summed E-state index contributed by atoms with van der Waals surface area (Å²) in [6.45, 7) is 14.2. The topological polar surface area (TPSA) is 0 Å². The van der Waals surface area contributed by atoms with Crippen LogP contribution in [0, 0.1) is 10.3 Å². The molecule has 0 unspecified atom stereocenters. The minimum absolute atomic E-state index is 0.112. The van der Waals surface area contributed by atoms with Gasteiger partial charge in [0.1, 0.15) is 0 Å². The van der Waals surface area contributed by atoms with Gasteiger partial charge in [-0.3, -0.25) is 0 Å². The quantitative estimate of drug-likeness (QED) is 0.132. The van der Waals surface area contributed by atoms with Crippen LogP contribution < -0.4 is 10.4 Å². The van der Waals surface area contributed by atoms with E-state index in [-0.39, 0.29) is 10.3 Å². The molecule has 0 bridgehead atoms. The van der Waals surface area contributed by atoms with Crippen LogP contribution in [-0.4, -0.2) is 16.1 Å². The molecule has 0 aliphatic heterocycles. The summed E-state index contributed by atoms with van der Waals surface area (Å²) in [7, 11) is -3.72. The van der Waals surface area contributed by atoms with Gasteiger partial charge in [-0.2, -0.15) is 8.78 Å². The molecule has 2 heterocycles. The van der Waals surface area contributed by atoms with Gasteiger partial charge in [0.05, 0.1) is 16.1 Å². The van der Waals surface area contributed by atoms with Crippen molar-refractivity contribution < 1.29 is 8.78 Å². The van der Waals surface area contributed by atoms with Gasteiger partial charge >= 0.3 is 0 Å². The van der Waals surface area contributed by atoms with Gasteiger partial charge in [0, 0.05) is 9.40 Å². The average molecular weight is 555 g/mol. The molecule has 36 heavy (non-hydrogen) atoms. The molecule has 6 heteroatoms. The maximum absolute atomic E-state index is 14.5. The van der Waals surface area contributed by atoms with Crippen molar-refractivity contribution in [2.75, 3.05) is 0 Å². The lowest BCUT2D eigenvalue weighted by molar-refractivity contribution is 0.658. The van der Waals surface area contributed by atoms with Crippen molar-refractivity contribution in [3.05, 3.63) is 46.7 Å². The molecule has 5 aromatic rings. The molecule has 0 amide bonds. The molecular formula is C30H36F2S2Si2. The molecule has 0 aliphatic carbocycles. The van der Waals surface area contributed by atoms with Crippen LogP contribution in [-0.2, 0) is 0 Å². The zero-order chi connectivity index (χ0) is 25.8. The van der Waals surface area contributed by atoms with Gasteiger partial charge in [0.25, 0.3) is 0 Å². The lowest BCUT2D eigenvalue weighted by atomic mass is 10.0. The smallest absolute Gasteiger partial charge is 0.177 e. The third kappa shape index (κ3) is 3.74. The first kappa shape index (κ1) is 26.0. The molecule has 0 fully saturated rings. The Balaban J connectivity index is 2.14. The van der Waals surface area contributed by atoms with E-state index >= 15 is 0 Å². The molecular weight excluding hydrogens is 519 g/mol.